The van der Waals surface area contributed by atoms with Gasteiger partial charge in [0.25, 0.3) is 0 Å². The molecule has 0 saturated carbocycles. The van der Waals surface area contributed by atoms with Crippen LogP contribution < -0.4 is 18.9 Å². The first-order valence-corrected chi connectivity index (χ1v) is 1.90. The van der Waals surface area contributed by atoms with Gasteiger partial charge >= 0.3 is 24.8 Å². The summed E-state index contributed by atoms with van der Waals surface area (Å²) in [6, 6.07) is 0. The molecule has 3 heteroatoms. The summed E-state index contributed by atoms with van der Waals surface area (Å²) in [7, 11) is 0. The molecule has 0 bridgehead atoms. The number of carbonyl (C=O) groups is 1. The number of rotatable bonds is 1. The van der Waals surface area contributed by atoms with E-state index in [-0.39, 0.29) is 26.3 Å². The third-order valence-electron chi connectivity index (χ3n) is 0.348. The molecular formula is C4H9LiO2. The second-order valence-corrected chi connectivity index (χ2v) is 0.925. The summed E-state index contributed by atoms with van der Waals surface area (Å²) in [5.74, 6) is -0.211. The second-order valence-electron chi connectivity index (χ2n) is 0.925. The van der Waals surface area contributed by atoms with E-state index in [1.165, 1.54) is 6.92 Å². The van der Waals surface area contributed by atoms with Crippen molar-refractivity contribution in [2.75, 3.05) is 6.61 Å². The fourth-order valence-corrected chi connectivity index (χ4v) is 0.203. The summed E-state index contributed by atoms with van der Waals surface area (Å²) in [6.45, 7) is 3.65. The van der Waals surface area contributed by atoms with E-state index in [9.17, 15) is 4.79 Å². The van der Waals surface area contributed by atoms with Crippen molar-refractivity contribution in [3.05, 3.63) is 0 Å². The van der Waals surface area contributed by atoms with Crippen molar-refractivity contribution in [3.8, 4) is 0 Å². The SMILES string of the molecule is CCOC(C)=O.[H-].[Li+]. The van der Waals surface area contributed by atoms with Gasteiger partial charge in [0.1, 0.15) is 0 Å². The van der Waals surface area contributed by atoms with E-state index in [4.69, 9.17) is 0 Å². The molecule has 0 amide bonds. The number of hydrogen-bond donors (Lipinski definition) is 0. The molecule has 7 heavy (non-hydrogen) atoms. The van der Waals surface area contributed by atoms with Gasteiger partial charge in [-0.05, 0) is 6.92 Å². The van der Waals surface area contributed by atoms with Crippen molar-refractivity contribution in [1.82, 2.24) is 0 Å². The molecule has 0 aromatic heterocycles. The molecule has 0 unspecified atom stereocenters. The Bertz CT molecular complexity index is 58.0. The maximum atomic E-state index is 9.82. The molecule has 0 radical (unpaired) electrons. The zero-order chi connectivity index (χ0) is 4.99. The van der Waals surface area contributed by atoms with Crippen molar-refractivity contribution in [3.63, 3.8) is 0 Å². The fraction of sp³-hybridized carbons (Fsp3) is 0.750. The van der Waals surface area contributed by atoms with E-state index in [2.05, 4.69) is 4.74 Å². The summed E-state index contributed by atoms with van der Waals surface area (Å²) in [6.07, 6.45) is 0. The van der Waals surface area contributed by atoms with Crippen LogP contribution in [-0.4, -0.2) is 12.6 Å². The van der Waals surface area contributed by atoms with Crippen molar-refractivity contribution in [2.24, 2.45) is 0 Å². The van der Waals surface area contributed by atoms with Crippen molar-refractivity contribution < 1.29 is 29.8 Å². The van der Waals surface area contributed by atoms with Crippen LogP contribution in [0.2, 0.25) is 0 Å². The maximum Gasteiger partial charge on any atom is 1.00 e. The summed E-state index contributed by atoms with van der Waals surface area (Å²) < 4.78 is 4.40. The van der Waals surface area contributed by atoms with Crippen LogP contribution in [0.25, 0.3) is 0 Å². The van der Waals surface area contributed by atoms with E-state index in [1.807, 2.05) is 0 Å². The largest absolute Gasteiger partial charge is 1.00 e. The van der Waals surface area contributed by atoms with Gasteiger partial charge in [-0.2, -0.15) is 0 Å². The fourth-order valence-electron chi connectivity index (χ4n) is 0.203. The Morgan fingerprint density at radius 2 is 2.29 bits per heavy atom. The molecule has 0 aliphatic heterocycles. The molecule has 0 spiro atoms. The van der Waals surface area contributed by atoms with Crippen LogP contribution in [0, 0.1) is 0 Å². The van der Waals surface area contributed by atoms with Crippen LogP contribution in [0.15, 0.2) is 0 Å². The number of esters is 1. The van der Waals surface area contributed by atoms with E-state index in [1.54, 1.807) is 6.92 Å². The molecule has 2 nitrogen and oxygen atoms in total. The van der Waals surface area contributed by atoms with E-state index >= 15 is 0 Å². The molecule has 0 fully saturated rings. The molecule has 0 heterocycles. The standard InChI is InChI=1S/C4H8O2.Li.H/c1-3-6-4(2)5;;/h3H2,1-2H3;;/q;+1;-1. The summed E-state index contributed by atoms with van der Waals surface area (Å²) in [4.78, 5) is 9.82. The van der Waals surface area contributed by atoms with Crippen LogP contribution in [0.1, 0.15) is 15.3 Å². The minimum absolute atomic E-state index is 0. The first-order valence-electron chi connectivity index (χ1n) is 1.90. The van der Waals surface area contributed by atoms with Crippen LogP contribution in [0.3, 0.4) is 0 Å². The van der Waals surface area contributed by atoms with Gasteiger partial charge < -0.3 is 6.16 Å². The Kier molecular flexibility index (Phi) is 8.78. The third kappa shape index (κ3) is 10.7. The van der Waals surface area contributed by atoms with Crippen LogP contribution >= 0.6 is 0 Å². The van der Waals surface area contributed by atoms with Crippen molar-refractivity contribution in [2.45, 2.75) is 13.8 Å². The molecule has 0 N–H and O–H groups in total. The monoisotopic (exact) mass is 96.1 g/mol. The topological polar surface area (TPSA) is 26.3 Å². The molecular weight excluding hydrogens is 87.0 g/mol. The Morgan fingerprint density at radius 1 is 1.86 bits per heavy atom. The summed E-state index contributed by atoms with van der Waals surface area (Å²) in [5, 5.41) is 0. The first kappa shape index (κ1) is 10.1. The average Bonchev–Trinajstić information content (AvgIpc) is 1.35. The zero-order valence-electron chi connectivity index (χ0n) is 6.02. The van der Waals surface area contributed by atoms with Crippen LogP contribution in [0.5, 0.6) is 0 Å². The number of carbonyl (C=O) groups excluding carboxylic acids is 1. The van der Waals surface area contributed by atoms with Gasteiger partial charge in [-0.25, -0.2) is 0 Å². The first-order chi connectivity index (χ1) is 2.77. The molecule has 0 rings (SSSR count). The zero-order valence-corrected chi connectivity index (χ0v) is 5.02. The van der Waals surface area contributed by atoms with Gasteiger partial charge in [-0.15, -0.1) is 0 Å². The quantitative estimate of drug-likeness (QED) is 0.271. The predicted molar refractivity (Wildman–Crippen MR) is 23.4 cm³/mol. The smallest absolute Gasteiger partial charge is 1.00 e. The molecule has 0 aromatic carbocycles. The molecule has 0 aliphatic rings. The molecule has 0 aromatic rings. The molecule has 0 atom stereocenters. The minimum Gasteiger partial charge on any atom is -1.00 e. The van der Waals surface area contributed by atoms with E-state index < -0.39 is 0 Å². The Balaban J connectivity index is -0.000000125. The maximum absolute atomic E-state index is 9.82. The van der Waals surface area contributed by atoms with Crippen molar-refractivity contribution in [1.29, 1.82) is 0 Å². The minimum atomic E-state index is -0.211. The second kappa shape index (κ2) is 6.07. The van der Waals surface area contributed by atoms with E-state index in [0.29, 0.717) is 6.61 Å². The van der Waals surface area contributed by atoms with Gasteiger partial charge in [0.05, 0.1) is 6.61 Å². The summed E-state index contributed by atoms with van der Waals surface area (Å²) in [5.41, 5.74) is 0. The number of hydrogen-bond acceptors (Lipinski definition) is 2. The van der Waals surface area contributed by atoms with Gasteiger partial charge in [-0.3, -0.25) is 4.79 Å². The molecule has 38 valence electrons. The molecule has 0 aliphatic carbocycles. The normalized spacial score (nSPS) is 6.57. The number of ether oxygens (including phenoxy) is 1. The van der Waals surface area contributed by atoms with Gasteiger partial charge in [0.15, 0.2) is 0 Å². The van der Waals surface area contributed by atoms with Crippen LogP contribution in [-0.2, 0) is 9.53 Å². The van der Waals surface area contributed by atoms with Crippen LogP contribution in [0.4, 0.5) is 0 Å². The predicted octanol–water partition coefficient (Wildman–Crippen LogP) is -2.31. The van der Waals surface area contributed by atoms with Gasteiger partial charge in [-0.1, -0.05) is 0 Å². The van der Waals surface area contributed by atoms with E-state index in [0.717, 1.165) is 0 Å². The Hall–Kier alpha value is 0.0674. The Labute approximate surface area is 56.9 Å². The van der Waals surface area contributed by atoms with Gasteiger partial charge in [0.2, 0.25) is 0 Å². The third-order valence-corrected chi connectivity index (χ3v) is 0.348. The van der Waals surface area contributed by atoms with Crippen molar-refractivity contribution >= 4 is 5.97 Å². The summed E-state index contributed by atoms with van der Waals surface area (Å²) >= 11 is 0. The average molecular weight is 96.1 g/mol. The Morgan fingerprint density at radius 3 is 2.29 bits per heavy atom. The molecule has 0 saturated heterocycles. The van der Waals surface area contributed by atoms with Gasteiger partial charge in [0, 0.05) is 6.92 Å².